The summed E-state index contributed by atoms with van der Waals surface area (Å²) in [6.07, 6.45) is 9.24. The van der Waals surface area contributed by atoms with E-state index < -0.39 is 18.4 Å². The van der Waals surface area contributed by atoms with Gasteiger partial charge in [-0.3, -0.25) is 0 Å². The van der Waals surface area contributed by atoms with Crippen LogP contribution in [0.2, 0.25) is 13.3 Å². The van der Waals surface area contributed by atoms with Crippen molar-refractivity contribution in [2.24, 2.45) is 0 Å². The summed E-state index contributed by atoms with van der Waals surface area (Å²) in [5, 5.41) is 0. The van der Waals surface area contributed by atoms with Crippen molar-refractivity contribution in [1.82, 2.24) is 4.98 Å². The fourth-order valence-electron chi connectivity index (χ4n) is 3.12. The SMILES string of the molecule is CCC[CH2][Sn]([CH2]CCC)([CH2]CCC)[c]1cnc(Br)cc1F. The van der Waals surface area contributed by atoms with Gasteiger partial charge in [-0.2, -0.15) is 0 Å². The molecule has 0 aliphatic rings. The van der Waals surface area contributed by atoms with Crippen LogP contribution in [-0.2, 0) is 0 Å². The summed E-state index contributed by atoms with van der Waals surface area (Å²) in [6, 6.07) is 1.57. The van der Waals surface area contributed by atoms with Crippen LogP contribution in [0, 0.1) is 5.82 Å². The molecular weight excluding hydrogens is 436 g/mol. The molecule has 0 fully saturated rings. The van der Waals surface area contributed by atoms with Gasteiger partial charge in [0.2, 0.25) is 0 Å². The first-order valence-corrected chi connectivity index (χ1v) is 16.7. The van der Waals surface area contributed by atoms with Gasteiger partial charge in [0.05, 0.1) is 0 Å². The van der Waals surface area contributed by atoms with Gasteiger partial charge in [-0.15, -0.1) is 0 Å². The number of nitrogens with zero attached hydrogens (tertiary/aromatic N) is 1. The quantitative estimate of drug-likeness (QED) is 0.304. The third-order valence-electron chi connectivity index (χ3n) is 4.42. The fourth-order valence-corrected chi connectivity index (χ4v) is 19.3. The predicted octanol–water partition coefficient (Wildman–Crippen LogP) is 6.04. The molecule has 21 heavy (non-hydrogen) atoms. The van der Waals surface area contributed by atoms with Crippen molar-refractivity contribution in [2.45, 2.75) is 72.6 Å². The summed E-state index contributed by atoms with van der Waals surface area (Å²) in [4.78, 5) is 4.36. The zero-order chi connectivity index (χ0) is 15.7. The first-order valence-electron chi connectivity index (χ1n) is 8.41. The Labute approximate surface area is 142 Å². The van der Waals surface area contributed by atoms with E-state index in [0.29, 0.717) is 4.60 Å². The van der Waals surface area contributed by atoms with Crippen molar-refractivity contribution >= 4 is 37.9 Å². The van der Waals surface area contributed by atoms with Gasteiger partial charge in [-0.25, -0.2) is 0 Å². The van der Waals surface area contributed by atoms with Crippen molar-refractivity contribution in [3.8, 4) is 0 Å². The minimum atomic E-state index is -2.65. The summed E-state index contributed by atoms with van der Waals surface area (Å²) in [5.74, 6) is -0.00372. The minimum absolute atomic E-state index is 0.00372. The molecule has 0 unspecified atom stereocenters. The summed E-state index contributed by atoms with van der Waals surface area (Å²) in [5.41, 5.74) is 0. The monoisotopic (exact) mass is 465 g/mol. The van der Waals surface area contributed by atoms with Gasteiger partial charge in [0.1, 0.15) is 0 Å². The van der Waals surface area contributed by atoms with Crippen molar-refractivity contribution in [2.75, 3.05) is 0 Å². The number of unbranched alkanes of at least 4 members (excludes halogenated alkanes) is 3. The third-order valence-corrected chi connectivity index (χ3v) is 20.4. The second-order valence-electron chi connectivity index (χ2n) is 6.08. The molecule has 0 N–H and O–H groups in total. The van der Waals surface area contributed by atoms with E-state index in [1.807, 2.05) is 6.20 Å². The fraction of sp³-hybridized carbons (Fsp3) is 0.706. The first-order chi connectivity index (χ1) is 10.1. The van der Waals surface area contributed by atoms with Crippen LogP contribution in [0.15, 0.2) is 16.9 Å². The van der Waals surface area contributed by atoms with E-state index in [1.165, 1.54) is 51.8 Å². The Balaban J connectivity index is 3.15. The van der Waals surface area contributed by atoms with E-state index in [2.05, 4.69) is 41.7 Å². The second-order valence-corrected chi connectivity index (χ2v) is 20.0. The first kappa shape index (κ1) is 19.4. The molecule has 120 valence electrons. The van der Waals surface area contributed by atoms with Gasteiger partial charge in [0.25, 0.3) is 0 Å². The summed E-state index contributed by atoms with van der Waals surface area (Å²) in [6.45, 7) is 6.73. The van der Waals surface area contributed by atoms with Crippen molar-refractivity contribution in [1.29, 1.82) is 0 Å². The molecule has 0 aliphatic carbocycles. The number of rotatable bonds is 10. The van der Waals surface area contributed by atoms with Crippen LogP contribution in [0.5, 0.6) is 0 Å². The van der Waals surface area contributed by atoms with Crippen LogP contribution in [0.4, 0.5) is 4.39 Å². The molecule has 0 saturated carbocycles. The molecule has 0 saturated heterocycles. The zero-order valence-electron chi connectivity index (χ0n) is 13.7. The van der Waals surface area contributed by atoms with E-state index >= 15 is 0 Å². The summed E-state index contributed by atoms with van der Waals surface area (Å²) in [7, 11) is 0. The summed E-state index contributed by atoms with van der Waals surface area (Å²) >= 11 is 0.646. The molecule has 1 aromatic heterocycles. The molecule has 0 spiro atoms. The average Bonchev–Trinajstić information content (AvgIpc) is 2.47. The van der Waals surface area contributed by atoms with Gasteiger partial charge >= 0.3 is 143 Å². The third kappa shape index (κ3) is 5.81. The van der Waals surface area contributed by atoms with Gasteiger partial charge in [-0.1, -0.05) is 0 Å². The zero-order valence-corrected chi connectivity index (χ0v) is 18.2. The number of hydrogen-bond acceptors (Lipinski definition) is 1. The Morgan fingerprint density at radius 3 is 1.86 bits per heavy atom. The maximum absolute atomic E-state index is 14.6. The Hall–Kier alpha value is 0.359. The molecular formula is C17H29BrFNSn. The Kier molecular flexibility index (Phi) is 9.42. The average molecular weight is 465 g/mol. The molecule has 1 aromatic rings. The van der Waals surface area contributed by atoms with Gasteiger partial charge in [0, 0.05) is 0 Å². The van der Waals surface area contributed by atoms with E-state index in [-0.39, 0.29) is 5.82 Å². The van der Waals surface area contributed by atoms with Gasteiger partial charge < -0.3 is 0 Å². The van der Waals surface area contributed by atoms with E-state index in [4.69, 9.17) is 0 Å². The molecule has 1 heterocycles. The second kappa shape index (κ2) is 10.2. The molecule has 1 nitrogen and oxygen atoms in total. The molecule has 0 radical (unpaired) electrons. The van der Waals surface area contributed by atoms with Crippen LogP contribution < -0.4 is 3.58 Å². The molecule has 4 heteroatoms. The standard InChI is InChI=1S/C5H2BrFN.3C4H9.Sn/c6-5-3-4(7)1-2-8-5;3*1-3-4-2;/h2-3H;3*1,3-4H2,2H3;. The molecule has 0 amide bonds. The predicted molar refractivity (Wildman–Crippen MR) is 96.4 cm³/mol. The normalized spacial score (nSPS) is 11.9. The number of aromatic nitrogens is 1. The Bertz CT molecular complexity index is 403. The maximum atomic E-state index is 14.6. The Morgan fingerprint density at radius 1 is 1.00 bits per heavy atom. The Morgan fingerprint density at radius 2 is 1.48 bits per heavy atom. The van der Waals surface area contributed by atoms with Crippen molar-refractivity contribution in [3.63, 3.8) is 0 Å². The van der Waals surface area contributed by atoms with Crippen LogP contribution in [-0.4, -0.2) is 23.4 Å². The van der Waals surface area contributed by atoms with Crippen molar-refractivity contribution in [3.05, 3.63) is 22.7 Å². The van der Waals surface area contributed by atoms with Crippen LogP contribution in [0.1, 0.15) is 59.3 Å². The van der Waals surface area contributed by atoms with E-state index in [0.717, 1.165) is 3.58 Å². The molecule has 1 rings (SSSR count). The topological polar surface area (TPSA) is 12.9 Å². The van der Waals surface area contributed by atoms with Gasteiger partial charge in [-0.05, 0) is 0 Å². The van der Waals surface area contributed by atoms with E-state index in [1.54, 1.807) is 6.07 Å². The van der Waals surface area contributed by atoms with Crippen LogP contribution >= 0.6 is 15.9 Å². The molecule has 0 aromatic carbocycles. The number of hydrogen-bond donors (Lipinski definition) is 0. The number of halogens is 2. The van der Waals surface area contributed by atoms with Gasteiger partial charge in [0.15, 0.2) is 0 Å². The number of pyridine rings is 1. The van der Waals surface area contributed by atoms with E-state index in [9.17, 15) is 4.39 Å². The van der Waals surface area contributed by atoms with Crippen LogP contribution in [0.25, 0.3) is 0 Å². The molecule has 0 aliphatic heterocycles. The molecule has 0 bridgehead atoms. The van der Waals surface area contributed by atoms with Crippen molar-refractivity contribution < 1.29 is 4.39 Å². The molecule has 0 atom stereocenters. The van der Waals surface area contributed by atoms with Crippen LogP contribution in [0.3, 0.4) is 0 Å². The summed E-state index contributed by atoms with van der Waals surface area (Å²) < 4.78 is 20.1.